The van der Waals surface area contributed by atoms with E-state index >= 15 is 0 Å². The van der Waals surface area contributed by atoms with Crippen LogP contribution < -0.4 is 10.0 Å². The molecule has 112 valence electrons. The molecule has 0 spiro atoms. The van der Waals surface area contributed by atoms with Gasteiger partial charge in [0.1, 0.15) is 0 Å². The average molecular weight is 310 g/mol. The Morgan fingerprint density at radius 1 is 1.25 bits per heavy atom. The van der Waals surface area contributed by atoms with Gasteiger partial charge in [-0.1, -0.05) is 12.1 Å². The minimum Gasteiger partial charge on any atom is -0.358 e. The maximum absolute atomic E-state index is 12.8. The van der Waals surface area contributed by atoms with Gasteiger partial charge in [-0.05, 0) is 19.1 Å². The first-order valence-electron chi connectivity index (χ1n) is 5.49. The molecule has 5 nitrogen and oxygen atoms in total. The van der Waals surface area contributed by atoms with Gasteiger partial charge in [0.15, 0.2) is 0 Å². The molecule has 0 heterocycles. The van der Waals surface area contributed by atoms with Gasteiger partial charge in [0, 0.05) is 7.05 Å². The Bertz CT molecular complexity index is 599. The van der Waals surface area contributed by atoms with E-state index in [1.165, 1.54) is 20.0 Å². The molecule has 0 fully saturated rings. The number of benzene rings is 1. The third kappa shape index (κ3) is 3.70. The van der Waals surface area contributed by atoms with Crippen LogP contribution in [0.3, 0.4) is 0 Å². The lowest BCUT2D eigenvalue weighted by molar-refractivity contribution is -0.139. The van der Waals surface area contributed by atoms with Crippen LogP contribution >= 0.6 is 0 Å². The molecule has 1 aromatic rings. The van der Waals surface area contributed by atoms with E-state index in [0.717, 1.165) is 12.1 Å². The quantitative estimate of drug-likeness (QED) is 0.875. The molecule has 1 rings (SSSR count). The molecule has 9 heteroatoms. The zero-order chi connectivity index (χ0) is 15.6. The topological polar surface area (TPSA) is 75.3 Å². The summed E-state index contributed by atoms with van der Waals surface area (Å²) in [4.78, 5) is 10.3. The Kier molecular flexibility index (Phi) is 4.77. The van der Waals surface area contributed by atoms with Gasteiger partial charge in [-0.15, -0.1) is 0 Å². The number of sulfonamides is 1. The van der Waals surface area contributed by atoms with E-state index in [1.54, 1.807) is 0 Å². The van der Waals surface area contributed by atoms with Crippen LogP contribution in [0.15, 0.2) is 29.2 Å². The number of carbonyl (C=O) groups excluding carboxylic acids is 1. The first kappa shape index (κ1) is 16.4. The lowest BCUT2D eigenvalue weighted by atomic mass is 10.2. The number of hydrogen-bond acceptors (Lipinski definition) is 3. The third-order valence-corrected chi connectivity index (χ3v) is 4.05. The normalized spacial score (nSPS) is 13.8. The summed E-state index contributed by atoms with van der Waals surface area (Å²) in [5, 5.41) is 2.20. The molecule has 1 atom stereocenters. The number of hydrogen-bond donors (Lipinski definition) is 2. The second-order valence-corrected chi connectivity index (χ2v) is 5.63. The number of rotatable bonds is 4. The monoisotopic (exact) mass is 310 g/mol. The van der Waals surface area contributed by atoms with Gasteiger partial charge in [-0.25, -0.2) is 8.42 Å². The molecule has 1 amide bonds. The van der Waals surface area contributed by atoms with E-state index in [2.05, 4.69) is 5.32 Å². The highest BCUT2D eigenvalue weighted by Gasteiger charge is 2.37. The number of carbonyl (C=O) groups is 1. The van der Waals surface area contributed by atoms with Crippen molar-refractivity contribution in [1.82, 2.24) is 10.0 Å². The zero-order valence-corrected chi connectivity index (χ0v) is 11.5. The number of likely N-dealkylation sites (N-methyl/N-ethyl adjacent to an activating group) is 1. The fraction of sp³-hybridized carbons (Fsp3) is 0.364. The number of alkyl halides is 3. The highest BCUT2D eigenvalue weighted by molar-refractivity contribution is 7.89. The molecule has 0 unspecified atom stereocenters. The van der Waals surface area contributed by atoms with Crippen molar-refractivity contribution in [3.05, 3.63) is 29.8 Å². The van der Waals surface area contributed by atoms with Gasteiger partial charge in [0.2, 0.25) is 15.9 Å². The van der Waals surface area contributed by atoms with Crippen LogP contribution in [-0.2, 0) is 21.0 Å². The molecule has 0 bridgehead atoms. The summed E-state index contributed by atoms with van der Waals surface area (Å²) in [5.74, 6) is -0.655. The van der Waals surface area contributed by atoms with Crippen LogP contribution in [0.25, 0.3) is 0 Å². The van der Waals surface area contributed by atoms with Gasteiger partial charge in [0.05, 0.1) is 16.5 Å². The Balaban J connectivity index is 3.21. The van der Waals surface area contributed by atoms with Crippen molar-refractivity contribution in [2.45, 2.75) is 24.0 Å². The molecule has 0 aliphatic carbocycles. The summed E-state index contributed by atoms with van der Waals surface area (Å²) in [6, 6.07) is 2.57. The summed E-state index contributed by atoms with van der Waals surface area (Å²) in [5.41, 5.74) is -1.28. The van der Waals surface area contributed by atoms with Crippen LogP contribution in [0.5, 0.6) is 0 Å². The van der Waals surface area contributed by atoms with Gasteiger partial charge in [-0.2, -0.15) is 17.9 Å². The summed E-state index contributed by atoms with van der Waals surface area (Å²) in [7, 11) is -3.17. The van der Waals surface area contributed by atoms with Gasteiger partial charge < -0.3 is 5.32 Å². The molecular formula is C11H13F3N2O3S. The van der Waals surface area contributed by atoms with Crippen LogP contribution in [-0.4, -0.2) is 27.4 Å². The SMILES string of the molecule is CNC(=O)[C@@H](C)NS(=O)(=O)c1ccccc1C(F)(F)F. The molecule has 0 aliphatic rings. The molecule has 0 aliphatic heterocycles. The molecule has 0 saturated heterocycles. The van der Waals surface area contributed by atoms with Crippen molar-refractivity contribution in [2.24, 2.45) is 0 Å². The van der Waals surface area contributed by atoms with Crippen LogP contribution in [0.4, 0.5) is 13.2 Å². The van der Waals surface area contributed by atoms with E-state index in [-0.39, 0.29) is 0 Å². The maximum Gasteiger partial charge on any atom is 0.417 e. The Morgan fingerprint density at radius 2 is 1.80 bits per heavy atom. The van der Waals surface area contributed by atoms with Gasteiger partial charge in [-0.3, -0.25) is 4.79 Å². The minimum atomic E-state index is -4.80. The van der Waals surface area contributed by atoms with E-state index in [1.807, 2.05) is 4.72 Å². The van der Waals surface area contributed by atoms with Crippen molar-refractivity contribution in [3.8, 4) is 0 Å². The minimum absolute atomic E-state index is 0.655. The van der Waals surface area contributed by atoms with Crippen LogP contribution in [0, 0.1) is 0 Å². The van der Waals surface area contributed by atoms with Gasteiger partial charge >= 0.3 is 6.18 Å². The first-order chi connectivity index (χ1) is 9.09. The van der Waals surface area contributed by atoms with E-state index < -0.39 is 38.6 Å². The summed E-state index contributed by atoms with van der Waals surface area (Å²) >= 11 is 0. The maximum atomic E-state index is 12.8. The largest absolute Gasteiger partial charge is 0.417 e. The van der Waals surface area contributed by atoms with Gasteiger partial charge in [0.25, 0.3) is 0 Å². The van der Waals surface area contributed by atoms with Crippen molar-refractivity contribution >= 4 is 15.9 Å². The number of amides is 1. The Hall–Kier alpha value is -1.61. The third-order valence-electron chi connectivity index (χ3n) is 2.45. The predicted octanol–water partition coefficient (Wildman–Crippen LogP) is 1.12. The molecule has 2 N–H and O–H groups in total. The number of halogens is 3. The molecule has 1 aromatic carbocycles. The van der Waals surface area contributed by atoms with Crippen molar-refractivity contribution in [2.75, 3.05) is 7.05 Å². The Labute approximate surface area is 114 Å². The van der Waals surface area contributed by atoms with Crippen molar-refractivity contribution in [3.63, 3.8) is 0 Å². The highest BCUT2D eigenvalue weighted by Crippen LogP contribution is 2.33. The fourth-order valence-corrected chi connectivity index (χ4v) is 2.93. The van der Waals surface area contributed by atoms with E-state index in [9.17, 15) is 26.4 Å². The second kappa shape index (κ2) is 5.80. The summed E-state index contributed by atoms with van der Waals surface area (Å²) in [6.45, 7) is 1.23. The molecule has 20 heavy (non-hydrogen) atoms. The molecule has 0 radical (unpaired) electrons. The predicted molar refractivity (Wildman–Crippen MR) is 65.3 cm³/mol. The molecule has 0 saturated carbocycles. The highest BCUT2D eigenvalue weighted by atomic mass is 32.2. The van der Waals surface area contributed by atoms with Crippen molar-refractivity contribution < 1.29 is 26.4 Å². The van der Waals surface area contributed by atoms with E-state index in [4.69, 9.17) is 0 Å². The second-order valence-electron chi connectivity index (χ2n) is 3.95. The van der Waals surface area contributed by atoms with Crippen LogP contribution in [0.1, 0.15) is 12.5 Å². The van der Waals surface area contributed by atoms with Crippen LogP contribution in [0.2, 0.25) is 0 Å². The fourth-order valence-electron chi connectivity index (χ4n) is 1.50. The average Bonchev–Trinajstić information content (AvgIpc) is 2.36. The number of nitrogens with one attached hydrogen (secondary N) is 2. The van der Waals surface area contributed by atoms with E-state index in [0.29, 0.717) is 6.07 Å². The molecule has 0 aromatic heterocycles. The van der Waals surface area contributed by atoms with Crippen molar-refractivity contribution in [1.29, 1.82) is 0 Å². The summed E-state index contributed by atoms with van der Waals surface area (Å²) < 4.78 is 64.1. The summed E-state index contributed by atoms with van der Waals surface area (Å²) in [6.07, 6.45) is -4.80. The smallest absolute Gasteiger partial charge is 0.358 e. The first-order valence-corrected chi connectivity index (χ1v) is 6.98. The lowest BCUT2D eigenvalue weighted by Crippen LogP contribution is -2.43. The zero-order valence-electron chi connectivity index (χ0n) is 10.7. The molecular weight excluding hydrogens is 297 g/mol. The standard InChI is InChI=1S/C11H13F3N2O3S/c1-7(10(17)15-2)16-20(18,19)9-6-4-3-5-8(9)11(12,13)14/h3-7,16H,1-2H3,(H,15,17)/t7-/m1/s1. The Morgan fingerprint density at radius 3 is 2.30 bits per heavy atom. The lowest BCUT2D eigenvalue weighted by Gasteiger charge is -2.16.